The predicted molar refractivity (Wildman–Crippen MR) is 76.8 cm³/mol. The van der Waals surface area contributed by atoms with Crippen LogP contribution in [0.5, 0.6) is 0 Å². The molecule has 9 heteroatoms. The first kappa shape index (κ1) is 15.1. The zero-order valence-electron chi connectivity index (χ0n) is 11.5. The van der Waals surface area contributed by atoms with Gasteiger partial charge in [-0.2, -0.15) is 5.10 Å². The highest BCUT2D eigenvalue weighted by atomic mass is 32.2. The summed E-state index contributed by atoms with van der Waals surface area (Å²) >= 11 is 1.46. The van der Waals surface area contributed by atoms with Gasteiger partial charge in [0.1, 0.15) is 5.01 Å². The van der Waals surface area contributed by atoms with E-state index in [0.29, 0.717) is 16.3 Å². The zero-order chi connectivity index (χ0) is 14.9. The number of hydrogen-bond donors (Lipinski definition) is 3. The summed E-state index contributed by atoms with van der Waals surface area (Å²) in [5.41, 5.74) is 6.73. The molecule has 0 saturated carbocycles. The van der Waals surface area contributed by atoms with Crippen LogP contribution < -0.4 is 10.5 Å². The maximum absolute atomic E-state index is 12.3. The second-order valence-electron chi connectivity index (χ2n) is 4.49. The summed E-state index contributed by atoms with van der Waals surface area (Å²) in [5, 5.41) is 7.16. The summed E-state index contributed by atoms with van der Waals surface area (Å²) in [4.78, 5) is 5.21. The van der Waals surface area contributed by atoms with Crippen molar-refractivity contribution in [1.82, 2.24) is 19.9 Å². The van der Waals surface area contributed by atoms with E-state index in [1.54, 1.807) is 20.0 Å². The first-order chi connectivity index (χ1) is 9.35. The number of hydrogen-bond acceptors (Lipinski definition) is 6. The molecule has 0 aliphatic carbocycles. The number of H-pyrrole nitrogens is 1. The minimum Gasteiger partial charge on any atom is -0.326 e. The fourth-order valence-electron chi connectivity index (χ4n) is 1.80. The monoisotopic (exact) mass is 315 g/mol. The number of sulfonamides is 1. The number of rotatable bonds is 5. The lowest BCUT2D eigenvalue weighted by atomic mass is 10.3. The molecule has 20 heavy (non-hydrogen) atoms. The molecule has 0 aliphatic rings. The van der Waals surface area contributed by atoms with E-state index in [-0.39, 0.29) is 11.6 Å². The van der Waals surface area contributed by atoms with E-state index in [9.17, 15) is 8.42 Å². The lowest BCUT2D eigenvalue weighted by molar-refractivity contribution is 0.561. The molecule has 4 N–H and O–H groups in total. The molecule has 110 valence electrons. The molecule has 1 unspecified atom stereocenters. The van der Waals surface area contributed by atoms with Gasteiger partial charge in [0.15, 0.2) is 5.03 Å². The van der Waals surface area contributed by atoms with E-state index < -0.39 is 16.1 Å². The molecule has 1 atom stereocenters. The topological polar surface area (TPSA) is 114 Å². The number of nitrogens with two attached hydrogens (primary N) is 1. The first-order valence-corrected chi connectivity index (χ1v) is 8.33. The van der Waals surface area contributed by atoms with Gasteiger partial charge in [0.05, 0.1) is 6.04 Å². The van der Waals surface area contributed by atoms with Crippen molar-refractivity contribution in [1.29, 1.82) is 0 Å². The van der Waals surface area contributed by atoms with Crippen molar-refractivity contribution in [2.24, 2.45) is 5.73 Å². The van der Waals surface area contributed by atoms with Crippen LogP contribution >= 0.6 is 11.3 Å². The van der Waals surface area contributed by atoms with Crippen molar-refractivity contribution in [3.05, 3.63) is 27.3 Å². The Bertz CT molecular complexity index is 704. The molecule has 0 aromatic carbocycles. The largest absolute Gasteiger partial charge is 0.326 e. The van der Waals surface area contributed by atoms with Crippen LogP contribution in [0.3, 0.4) is 0 Å². The Kier molecular flexibility index (Phi) is 4.23. The van der Waals surface area contributed by atoms with Crippen LogP contribution in [0, 0.1) is 13.8 Å². The molecule has 2 aromatic rings. The van der Waals surface area contributed by atoms with Gasteiger partial charge < -0.3 is 5.73 Å². The third kappa shape index (κ3) is 2.90. The summed E-state index contributed by atoms with van der Waals surface area (Å²) in [7, 11) is -3.73. The minimum atomic E-state index is -3.73. The van der Waals surface area contributed by atoms with Gasteiger partial charge in [0.25, 0.3) is 10.0 Å². The number of nitrogens with zero attached hydrogens (tertiary/aromatic N) is 2. The third-order valence-electron chi connectivity index (χ3n) is 2.84. The second-order valence-corrected chi connectivity index (χ2v) is 7.38. The molecule has 2 rings (SSSR count). The van der Waals surface area contributed by atoms with E-state index >= 15 is 0 Å². The lowest BCUT2D eigenvalue weighted by Crippen LogP contribution is -2.28. The van der Waals surface area contributed by atoms with E-state index in [2.05, 4.69) is 19.9 Å². The van der Waals surface area contributed by atoms with Crippen LogP contribution in [0.1, 0.15) is 34.1 Å². The number of aromatic amines is 1. The number of aromatic nitrogens is 3. The molecule has 0 aliphatic heterocycles. The van der Waals surface area contributed by atoms with Gasteiger partial charge in [-0.25, -0.2) is 18.1 Å². The molecular weight excluding hydrogens is 298 g/mol. The van der Waals surface area contributed by atoms with Gasteiger partial charge in [-0.3, -0.25) is 5.10 Å². The second kappa shape index (κ2) is 5.60. The maximum atomic E-state index is 12.3. The standard InChI is InChI=1S/C11H17N5O2S2/c1-6-5-13-10(19-6)8(3)16-20(17,18)11-9(4-12)7(2)14-15-11/h5,8,16H,4,12H2,1-3H3,(H,14,15). The number of aryl methyl sites for hydroxylation is 2. The fourth-order valence-corrected chi connectivity index (χ4v) is 4.07. The summed E-state index contributed by atoms with van der Waals surface area (Å²) in [6.07, 6.45) is 1.72. The highest BCUT2D eigenvalue weighted by Crippen LogP contribution is 2.22. The van der Waals surface area contributed by atoms with Gasteiger partial charge in [0, 0.05) is 28.9 Å². The minimum absolute atomic E-state index is 0.0439. The van der Waals surface area contributed by atoms with Crippen molar-refractivity contribution < 1.29 is 8.42 Å². The van der Waals surface area contributed by atoms with E-state index in [0.717, 1.165) is 4.88 Å². The van der Waals surface area contributed by atoms with Crippen molar-refractivity contribution >= 4 is 21.4 Å². The molecule has 0 radical (unpaired) electrons. The molecule has 0 spiro atoms. The Balaban J connectivity index is 2.27. The average Bonchev–Trinajstić information content (AvgIpc) is 2.95. The molecule has 0 saturated heterocycles. The van der Waals surface area contributed by atoms with Crippen molar-refractivity contribution in [2.45, 2.75) is 38.4 Å². The number of nitrogens with one attached hydrogen (secondary N) is 2. The Hall–Kier alpha value is -1.29. The normalized spacial score (nSPS) is 13.6. The molecule has 2 heterocycles. The summed E-state index contributed by atoms with van der Waals surface area (Å²) in [5.74, 6) is 0. The molecule has 0 amide bonds. The molecule has 2 aromatic heterocycles. The van der Waals surface area contributed by atoms with E-state index in [1.807, 2.05) is 6.92 Å². The lowest BCUT2D eigenvalue weighted by Gasteiger charge is -2.11. The van der Waals surface area contributed by atoms with Gasteiger partial charge in [-0.15, -0.1) is 11.3 Å². The summed E-state index contributed by atoms with van der Waals surface area (Å²) in [6, 6.07) is -0.415. The first-order valence-electron chi connectivity index (χ1n) is 6.03. The van der Waals surface area contributed by atoms with Crippen LogP contribution in [0.25, 0.3) is 0 Å². The highest BCUT2D eigenvalue weighted by molar-refractivity contribution is 7.89. The fraction of sp³-hybridized carbons (Fsp3) is 0.455. The van der Waals surface area contributed by atoms with Crippen LogP contribution in [0.15, 0.2) is 11.2 Å². The third-order valence-corrected chi connectivity index (χ3v) is 5.44. The van der Waals surface area contributed by atoms with Crippen LogP contribution in [-0.4, -0.2) is 23.6 Å². The average molecular weight is 315 g/mol. The maximum Gasteiger partial charge on any atom is 0.260 e. The molecule has 0 bridgehead atoms. The summed E-state index contributed by atoms with van der Waals surface area (Å²) < 4.78 is 27.3. The quantitative estimate of drug-likeness (QED) is 0.761. The Labute approximate surface area is 121 Å². The Morgan fingerprint density at radius 2 is 2.20 bits per heavy atom. The van der Waals surface area contributed by atoms with Gasteiger partial charge in [-0.05, 0) is 20.8 Å². The van der Waals surface area contributed by atoms with E-state index in [4.69, 9.17) is 5.73 Å². The van der Waals surface area contributed by atoms with Crippen LogP contribution in [0.2, 0.25) is 0 Å². The van der Waals surface area contributed by atoms with Gasteiger partial charge in [-0.1, -0.05) is 0 Å². The smallest absolute Gasteiger partial charge is 0.260 e. The number of thiazole rings is 1. The molecule has 7 nitrogen and oxygen atoms in total. The predicted octanol–water partition coefficient (Wildman–Crippen LogP) is 0.981. The van der Waals surface area contributed by atoms with Crippen LogP contribution in [-0.2, 0) is 16.6 Å². The van der Waals surface area contributed by atoms with E-state index in [1.165, 1.54) is 11.3 Å². The van der Waals surface area contributed by atoms with Crippen molar-refractivity contribution in [2.75, 3.05) is 0 Å². The molecular formula is C11H17N5O2S2. The summed E-state index contributed by atoms with van der Waals surface area (Å²) in [6.45, 7) is 5.52. The van der Waals surface area contributed by atoms with Crippen molar-refractivity contribution in [3.63, 3.8) is 0 Å². The SMILES string of the molecule is Cc1cnc(C(C)NS(=O)(=O)c2n[nH]c(C)c2CN)s1. The van der Waals surface area contributed by atoms with Gasteiger partial charge in [0.2, 0.25) is 0 Å². The Morgan fingerprint density at radius 1 is 1.50 bits per heavy atom. The zero-order valence-corrected chi connectivity index (χ0v) is 13.1. The van der Waals surface area contributed by atoms with Crippen molar-refractivity contribution in [3.8, 4) is 0 Å². The Morgan fingerprint density at radius 3 is 2.75 bits per heavy atom. The highest BCUT2D eigenvalue weighted by Gasteiger charge is 2.26. The molecule has 0 fully saturated rings. The van der Waals surface area contributed by atoms with Gasteiger partial charge >= 0.3 is 0 Å². The van der Waals surface area contributed by atoms with Crippen LogP contribution in [0.4, 0.5) is 0 Å².